The monoisotopic (exact) mass is 374 g/mol. The number of nitrogens with zero attached hydrogens (tertiary/aromatic N) is 1. The summed E-state index contributed by atoms with van der Waals surface area (Å²) in [5.41, 5.74) is 0.846. The number of sulfonamides is 2. The highest BCUT2D eigenvalue weighted by atomic mass is 32.2. The molecule has 1 aromatic heterocycles. The number of rotatable bonds is 8. The fourth-order valence-corrected chi connectivity index (χ4v) is 4.81. The first kappa shape index (κ1) is 18.1. The summed E-state index contributed by atoms with van der Waals surface area (Å²) in [5.74, 6) is 0. The number of thiophene rings is 1. The summed E-state index contributed by atoms with van der Waals surface area (Å²) in [4.78, 5) is 0. The minimum atomic E-state index is -3.58. The van der Waals surface area contributed by atoms with E-state index in [0.717, 1.165) is 23.2 Å². The van der Waals surface area contributed by atoms with Crippen molar-refractivity contribution in [2.75, 3.05) is 19.3 Å². The van der Waals surface area contributed by atoms with E-state index < -0.39 is 20.0 Å². The summed E-state index contributed by atoms with van der Waals surface area (Å²) in [5, 5.41) is 1.67. The Balaban J connectivity index is 2.00. The highest BCUT2D eigenvalue weighted by Crippen LogP contribution is 2.15. The van der Waals surface area contributed by atoms with E-state index in [1.807, 2.05) is 30.3 Å². The lowest BCUT2D eigenvalue weighted by atomic mass is 10.2. The lowest BCUT2D eigenvalue weighted by Crippen LogP contribution is -2.37. The van der Waals surface area contributed by atoms with Crippen LogP contribution in [-0.4, -0.2) is 40.5 Å². The number of hydrogen-bond donors (Lipinski definition) is 1. The molecule has 0 radical (unpaired) electrons. The molecule has 6 nitrogen and oxygen atoms in total. The highest BCUT2D eigenvalue weighted by molar-refractivity contribution is 7.91. The molecule has 9 heteroatoms. The van der Waals surface area contributed by atoms with Gasteiger partial charge in [-0.25, -0.2) is 21.6 Å². The van der Waals surface area contributed by atoms with Gasteiger partial charge in [0.1, 0.15) is 4.21 Å². The lowest BCUT2D eigenvalue weighted by molar-refractivity contribution is 0.412. The molecule has 1 N–H and O–H groups in total. The van der Waals surface area contributed by atoms with Crippen molar-refractivity contribution < 1.29 is 16.8 Å². The Bertz CT molecular complexity index is 816. The third-order valence-electron chi connectivity index (χ3n) is 3.08. The van der Waals surface area contributed by atoms with Gasteiger partial charge >= 0.3 is 0 Å². The van der Waals surface area contributed by atoms with Crippen LogP contribution in [0.15, 0.2) is 52.1 Å². The summed E-state index contributed by atoms with van der Waals surface area (Å²) in [6, 6.07) is 12.3. The molecule has 0 aliphatic carbocycles. The van der Waals surface area contributed by atoms with Crippen molar-refractivity contribution >= 4 is 31.4 Å². The number of benzene rings is 1. The van der Waals surface area contributed by atoms with Gasteiger partial charge in [-0.15, -0.1) is 11.3 Å². The van der Waals surface area contributed by atoms with Crippen LogP contribution in [0.4, 0.5) is 0 Å². The van der Waals surface area contributed by atoms with Crippen molar-refractivity contribution in [3.63, 3.8) is 0 Å². The first-order valence-electron chi connectivity index (χ1n) is 6.81. The zero-order valence-corrected chi connectivity index (χ0v) is 15.0. The molecule has 0 saturated heterocycles. The Morgan fingerprint density at radius 1 is 1.04 bits per heavy atom. The van der Waals surface area contributed by atoms with E-state index in [1.165, 1.54) is 10.4 Å². The van der Waals surface area contributed by atoms with Crippen molar-refractivity contribution in [1.29, 1.82) is 0 Å². The Morgan fingerprint density at radius 2 is 1.74 bits per heavy atom. The molecule has 126 valence electrons. The summed E-state index contributed by atoms with van der Waals surface area (Å²) >= 11 is 1.11. The predicted molar refractivity (Wildman–Crippen MR) is 91.2 cm³/mol. The molecular formula is C14H18N2O4S3. The molecule has 0 spiro atoms. The van der Waals surface area contributed by atoms with Crippen LogP contribution in [0, 0.1) is 0 Å². The van der Waals surface area contributed by atoms with E-state index in [2.05, 4.69) is 4.72 Å². The molecule has 0 fully saturated rings. The summed E-state index contributed by atoms with van der Waals surface area (Å²) in [6.45, 7) is 0.291. The molecule has 0 unspecified atom stereocenters. The fourth-order valence-electron chi connectivity index (χ4n) is 1.94. The van der Waals surface area contributed by atoms with E-state index in [-0.39, 0.29) is 23.8 Å². The predicted octanol–water partition coefficient (Wildman–Crippen LogP) is 1.49. The van der Waals surface area contributed by atoms with Gasteiger partial charge in [-0.1, -0.05) is 36.4 Å². The van der Waals surface area contributed by atoms with Gasteiger partial charge < -0.3 is 0 Å². The second-order valence-electron chi connectivity index (χ2n) is 4.91. The highest BCUT2D eigenvalue weighted by Gasteiger charge is 2.19. The molecule has 0 atom stereocenters. The minimum Gasteiger partial charge on any atom is -0.212 e. The van der Waals surface area contributed by atoms with Crippen LogP contribution in [-0.2, 0) is 26.6 Å². The second kappa shape index (κ2) is 7.54. The SMILES string of the molecule is CS(=O)(=O)N(CCNS(=O)(=O)c1cccs1)Cc1ccccc1. The van der Waals surface area contributed by atoms with Gasteiger partial charge in [-0.05, 0) is 17.0 Å². The van der Waals surface area contributed by atoms with Gasteiger partial charge in [0.15, 0.2) is 0 Å². The van der Waals surface area contributed by atoms with Crippen LogP contribution >= 0.6 is 11.3 Å². The van der Waals surface area contributed by atoms with Crippen LogP contribution in [0.3, 0.4) is 0 Å². The van der Waals surface area contributed by atoms with Crippen molar-refractivity contribution in [1.82, 2.24) is 9.03 Å². The Morgan fingerprint density at radius 3 is 2.30 bits per heavy atom. The average molecular weight is 375 g/mol. The largest absolute Gasteiger partial charge is 0.250 e. The van der Waals surface area contributed by atoms with Gasteiger partial charge in [0.2, 0.25) is 20.0 Å². The third-order valence-corrected chi connectivity index (χ3v) is 7.19. The Labute approximate surface area is 140 Å². The normalized spacial score (nSPS) is 12.6. The van der Waals surface area contributed by atoms with Crippen molar-refractivity contribution in [2.45, 2.75) is 10.8 Å². The molecule has 0 saturated carbocycles. The molecule has 1 aromatic carbocycles. The Hall–Kier alpha value is -1.26. The van der Waals surface area contributed by atoms with E-state index in [4.69, 9.17) is 0 Å². The molecule has 0 aliphatic heterocycles. The van der Waals surface area contributed by atoms with Gasteiger partial charge in [-0.2, -0.15) is 4.31 Å². The summed E-state index contributed by atoms with van der Waals surface area (Å²) in [6.07, 6.45) is 1.11. The first-order chi connectivity index (χ1) is 10.8. The third kappa shape index (κ3) is 5.40. The van der Waals surface area contributed by atoms with Gasteiger partial charge in [0.05, 0.1) is 6.26 Å². The van der Waals surface area contributed by atoms with Crippen LogP contribution in [0.2, 0.25) is 0 Å². The maximum absolute atomic E-state index is 12.0. The molecule has 2 rings (SSSR count). The van der Waals surface area contributed by atoms with Gasteiger partial charge in [0, 0.05) is 19.6 Å². The molecule has 23 heavy (non-hydrogen) atoms. The zero-order chi connectivity index (χ0) is 16.9. The van der Waals surface area contributed by atoms with E-state index >= 15 is 0 Å². The number of nitrogens with one attached hydrogen (secondary N) is 1. The molecular weight excluding hydrogens is 356 g/mol. The van der Waals surface area contributed by atoms with Crippen molar-refractivity contribution in [3.8, 4) is 0 Å². The quantitative estimate of drug-likeness (QED) is 0.759. The molecule has 2 aromatic rings. The van der Waals surface area contributed by atoms with Crippen LogP contribution in [0.5, 0.6) is 0 Å². The minimum absolute atomic E-state index is 0.0140. The van der Waals surface area contributed by atoms with Crippen molar-refractivity contribution in [2.24, 2.45) is 0 Å². The zero-order valence-electron chi connectivity index (χ0n) is 12.5. The molecule has 0 aliphatic rings. The topological polar surface area (TPSA) is 83.6 Å². The van der Waals surface area contributed by atoms with E-state index in [1.54, 1.807) is 11.4 Å². The van der Waals surface area contributed by atoms with E-state index in [0.29, 0.717) is 0 Å². The van der Waals surface area contributed by atoms with Crippen molar-refractivity contribution in [3.05, 3.63) is 53.4 Å². The standard InChI is InChI=1S/C14H18N2O4S3/c1-22(17,18)16(12-13-6-3-2-4-7-13)10-9-15-23(19,20)14-8-5-11-21-14/h2-8,11,15H,9-10,12H2,1H3. The van der Waals surface area contributed by atoms with Crippen LogP contribution < -0.4 is 4.72 Å². The van der Waals surface area contributed by atoms with E-state index in [9.17, 15) is 16.8 Å². The molecule has 1 heterocycles. The molecule has 0 bridgehead atoms. The lowest BCUT2D eigenvalue weighted by Gasteiger charge is -2.20. The fraction of sp³-hybridized carbons (Fsp3) is 0.286. The van der Waals surface area contributed by atoms with Crippen LogP contribution in [0.25, 0.3) is 0 Å². The Kier molecular flexibility index (Phi) is 5.93. The summed E-state index contributed by atoms with van der Waals surface area (Å²) in [7, 11) is -7.02. The maximum Gasteiger partial charge on any atom is 0.250 e. The first-order valence-corrected chi connectivity index (χ1v) is 11.0. The summed E-state index contributed by atoms with van der Waals surface area (Å²) < 4.78 is 51.7. The van der Waals surface area contributed by atoms with Crippen LogP contribution in [0.1, 0.15) is 5.56 Å². The average Bonchev–Trinajstić information content (AvgIpc) is 3.01. The second-order valence-corrected chi connectivity index (χ2v) is 9.84. The smallest absolute Gasteiger partial charge is 0.212 e. The van der Waals surface area contributed by atoms with Gasteiger partial charge in [0.25, 0.3) is 0 Å². The maximum atomic E-state index is 12.0. The number of hydrogen-bond acceptors (Lipinski definition) is 5. The molecule has 0 amide bonds. The van der Waals surface area contributed by atoms with Gasteiger partial charge in [-0.3, -0.25) is 0 Å².